The number of isocyanates is 1. The molecule has 5 nitrogen and oxygen atoms in total. The van der Waals surface area contributed by atoms with Crippen LogP contribution in [0.15, 0.2) is 34.3 Å². The highest BCUT2D eigenvalue weighted by Gasteiger charge is 2.03. The first-order valence-corrected chi connectivity index (χ1v) is 5.20. The van der Waals surface area contributed by atoms with Gasteiger partial charge in [0.2, 0.25) is 12.0 Å². The number of anilines is 1. The van der Waals surface area contributed by atoms with Gasteiger partial charge in [-0.05, 0) is 24.3 Å². The molecule has 0 amide bonds. The minimum Gasteiger partial charge on any atom is -0.341 e. The van der Waals surface area contributed by atoms with Crippen molar-refractivity contribution >= 4 is 52.8 Å². The summed E-state index contributed by atoms with van der Waals surface area (Å²) in [5.41, 5.74) is 0.933. The molecule has 1 aromatic heterocycles. The van der Waals surface area contributed by atoms with Gasteiger partial charge in [0.25, 0.3) is 0 Å². The molecule has 18 heavy (non-hydrogen) atoms. The summed E-state index contributed by atoms with van der Waals surface area (Å²) in [6.45, 7) is 0. The Hall–Kier alpha value is -1.81. The topological polar surface area (TPSA) is 69.6 Å². The monoisotopic (exact) mass is 284 g/mol. The largest absolute Gasteiger partial charge is 0.341 e. The molecule has 1 heterocycles. The summed E-state index contributed by atoms with van der Waals surface area (Å²) in [5, 5.41) is 4.49. The molecular weight excluding hydrogens is 275 g/mol. The molecule has 0 saturated heterocycles. The number of hydrogen-bond donors (Lipinski definition) is 2. The smallest absolute Gasteiger partial charge is 0.243 e. The third-order valence-corrected chi connectivity index (χ3v) is 2.43. The number of aromatic amines is 1. The van der Waals surface area contributed by atoms with E-state index in [1.165, 1.54) is 13.1 Å². The Kier molecular flexibility index (Phi) is 4.92. The average Bonchev–Trinajstić information content (AvgIpc) is 2.69. The number of rotatable bonds is 1. The Morgan fingerprint density at radius 3 is 2.89 bits per heavy atom. The van der Waals surface area contributed by atoms with Crippen molar-refractivity contribution in [2.24, 2.45) is 9.98 Å². The van der Waals surface area contributed by atoms with Crippen molar-refractivity contribution in [1.82, 2.24) is 4.98 Å². The van der Waals surface area contributed by atoms with Crippen molar-refractivity contribution in [1.29, 1.82) is 0 Å². The Balaban J connectivity index is 0.00000162. The Bertz CT molecular complexity index is 629. The average molecular weight is 285 g/mol. The standard InChI is InChI=1S/C11H9ClN4O.ClH/c1-13-11(14-6-17)16-10-5-7-4-8(12)2-3-9(7)15-10;/h2-5,15H,1H3,(H,13,16);1H. The van der Waals surface area contributed by atoms with Crippen LogP contribution in [0.1, 0.15) is 0 Å². The molecule has 0 bridgehead atoms. The molecule has 0 aliphatic carbocycles. The van der Waals surface area contributed by atoms with Gasteiger partial charge in [-0.25, -0.2) is 4.79 Å². The van der Waals surface area contributed by atoms with E-state index < -0.39 is 0 Å². The number of halogens is 2. The predicted octanol–water partition coefficient (Wildman–Crippen LogP) is 2.98. The third-order valence-electron chi connectivity index (χ3n) is 2.19. The molecule has 0 aliphatic rings. The first-order chi connectivity index (χ1) is 8.22. The molecule has 2 rings (SSSR count). The lowest BCUT2D eigenvalue weighted by Gasteiger charge is -1.98. The van der Waals surface area contributed by atoms with Gasteiger partial charge < -0.3 is 10.3 Å². The van der Waals surface area contributed by atoms with Crippen LogP contribution in [-0.2, 0) is 4.79 Å². The lowest BCUT2D eigenvalue weighted by atomic mass is 10.2. The number of nitrogens with zero attached hydrogens (tertiary/aromatic N) is 2. The molecule has 0 atom stereocenters. The molecule has 1 aromatic carbocycles. The first-order valence-electron chi connectivity index (χ1n) is 4.83. The van der Waals surface area contributed by atoms with E-state index in [0.717, 1.165) is 10.9 Å². The maximum absolute atomic E-state index is 10.1. The van der Waals surface area contributed by atoms with Gasteiger partial charge in [0.1, 0.15) is 5.82 Å². The van der Waals surface area contributed by atoms with Gasteiger partial charge in [-0.15, -0.1) is 17.4 Å². The van der Waals surface area contributed by atoms with Gasteiger partial charge in [0.15, 0.2) is 0 Å². The van der Waals surface area contributed by atoms with Gasteiger partial charge in [-0.3, -0.25) is 4.99 Å². The van der Waals surface area contributed by atoms with Gasteiger partial charge in [-0.1, -0.05) is 11.6 Å². The zero-order valence-electron chi connectivity index (χ0n) is 9.40. The van der Waals surface area contributed by atoms with Crippen molar-refractivity contribution in [2.45, 2.75) is 0 Å². The Labute approximate surface area is 114 Å². The van der Waals surface area contributed by atoms with Crippen LogP contribution in [0.2, 0.25) is 5.02 Å². The fourth-order valence-corrected chi connectivity index (χ4v) is 1.65. The fraction of sp³-hybridized carbons (Fsp3) is 0.0909. The summed E-state index contributed by atoms with van der Waals surface area (Å²) < 4.78 is 0. The van der Waals surface area contributed by atoms with E-state index in [1.54, 1.807) is 6.07 Å². The number of aromatic nitrogens is 1. The van der Waals surface area contributed by atoms with Gasteiger partial charge in [0.05, 0.1) is 0 Å². The molecule has 0 fully saturated rings. The summed E-state index contributed by atoms with van der Waals surface area (Å²) in [7, 11) is 1.53. The highest BCUT2D eigenvalue weighted by atomic mass is 35.5. The van der Waals surface area contributed by atoms with E-state index in [9.17, 15) is 4.79 Å². The minimum atomic E-state index is 0. The fourth-order valence-electron chi connectivity index (χ4n) is 1.47. The molecule has 0 saturated carbocycles. The van der Waals surface area contributed by atoms with Crippen LogP contribution in [0.5, 0.6) is 0 Å². The second-order valence-electron chi connectivity index (χ2n) is 3.29. The number of guanidine groups is 1. The first kappa shape index (κ1) is 14.3. The van der Waals surface area contributed by atoms with Crippen LogP contribution < -0.4 is 5.32 Å². The van der Waals surface area contributed by atoms with Crippen LogP contribution in [0.4, 0.5) is 5.82 Å². The highest BCUT2D eigenvalue weighted by molar-refractivity contribution is 6.31. The van der Waals surface area contributed by atoms with Crippen LogP contribution in [-0.4, -0.2) is 24.1 Å². The van der Waals surface area contributed by atoms with E-state index >= 15 is 0 Å². The van der Waals surface area contributed by atoms with Crippen LogP contribution >= 0.6 is 24.0 Å². The van der Waals surface area contributed by atoms with Crippen molar-refractivity contribution in [3.05, 3.63) is 29.3 Å². The molecule has 0 unspecified atom stereocenters. The zero-order valence-corrected chi connectivity index (χ0v) is 11.0. The number of H-pyrrole nitrogens is 1. The van der Waals surface area contributed by atoms with Gasteiger partial charge in [-0.2, -0.15) is 0 Å². The van der Waals surface area contributed by atoms with Crippen molar-refractivity contribution < 1.29 is 4.79 Å². The SMILES string of the molecule is CN=C(N=C=O)Nc1cc2cc(Cl)ccc2[nH]1.Cl. The number of hydrogen-bond acceptors (Lipinski definition) is 2. The van der Waals surface area contributed by atoms with E-state index in [0.29, 0.717) is 10.8 Å². The molecule has 2 N–H and O–H groups in total. The maximum atomic E-state index is 10.1. The number of nitrogens with one attached hydrogen (secondary N) is 2. The van der Waals surface area contributed by atoms with Crippen molar-refractivity contribution in [2.75, 3.05) is 12.4 Å². The van der Waals surface area contributed by atoms with E-state index in [2.05, 4.69) is 20.3 Å². The molecule has 0 spiro atoms. The zero-order chi connectivity index (χ0) is 12.3. The summed E-state index contributed by atoms with van der Waals surface area (Å²) in [6, 6.07) is 7.36. The molecule has 0 aliphatic heterocycles. The molecule has 0 radical (unpaired) electrons. The van der Waals surface area contributed by atoms with Crippen LogP contribution in [0.3, 0.4) is 0 Å². The minimum absolute atomic E-state index is 0. The maximum Gasteiger partial charge on any atom is 0.243 e. The number of carbonyl (C=O) groups excluding carboxylic acids is 1. The quantitative estimate of drug-likeness (QED) is 0.480. The molecule has 2 aromatic rings. The number of fused-ring (bicyclic) bond motifs is 1. The van der Waals surface area contributed by atoms with E-state index in [-0.39, 0.29) is 18.4 Å². The second kappa shape index (κ2) is 6.21. The summed E-state index contributed by atoms with van der Waals surface area (Å²) >= 11 is 5.88. The van der Waals surface area contributed by atoms with E-state index in [4.69, 9.17) is 11.6 Å². The highest BCUT2D eigenvalue weighted by Crippen LogP contribution is 2.22. The molecule has 94 valence electrons. The Morgan fingerprint density at radius 2 is 2.22 bits per heavy atom. The normalized spacial score (nSPS) is 10.7. The molecular formula is C11H10Cl2N4O. The van der Waals surface area contributed by atoms with Crippen LogP contribution in [0.25, 0.3) is 10.9 Å². The predicted molar refractivity (Wildman–Crippen MR) is 75.7 cm³/mol. The number of aliphatic imine (C=N–C) groups is 2. The van der Waals surface area contributed by atoms with Gasteiger partial charge in [0, 0.05) is 23.0 Å². The van der Waals surface area contributed by atoms with E-state index in [1.807, 2.05) is 18.2 Å². The molecule has 7 heteroatoms. The van der Waals surface area contributed by atoms with Crippen molar-refractivity contribution in [3.63, 3.8) is 0 Å². The summed E-state index contributed by atoms with van der Waals surface area (Å²) in [6.07, 6.45) is 1.43. The van der Waals surface area contributed by atoms with Gasteiger partial charge >= 0.3 is 0 Å². The van der Waals surface area contributed by atoms with Crippen molar-refractivity contribution in [3.8, 4) is 0 Å². The lowest BCUT2D eigenvalue weighted by Crippen LogP contribution is -2.08. The summed E-state index contributed by atoms with van der Waals surface area (Å²) in [4.78, 5) is 20.5. The second-order valence-corrected chi connectivity index (χ2v) is 3.73. The Morgan fingerprint density at radius 1 is 1.44 bits per heavy atom. The van der Waals surface area contributed by atoms with Crippen LogP contribution in [0, 0.1) is 0 Å². The lowest BCUT2D eigenvalue weighted by molar-refractivity contribution is 0.565. The third kappa shape index (κ3) is 3.11. The summed E-state index contributed by atoms with van der Waals surface area (Å²) in [5.74, 6) is 0.875. The number of benzene rings is 1.